The van der Waals surface area contributed by atoms with E-state index in [1.54, 1.807) is 24.3 Å². The molecule has 0 fully saturated rings. The highest BCUT2D eigenvalue weighted by atomic mass is 32.1. The lowest BCUT2D eigenvalue weighted by Gasteiger charge is -2.20. The molecule has 2 N–H and O–H groups in total. The molecule has 0 bridgehead atoms. The van der Waals surface area contributed by atoms with E-state index in [1.165, 1.54) is 11.3 Å². The van der Waals surface area contributed by atoms with E-state index in [4.69, 9.17) is 9.47 Å². The number of nitrogens with one attached hydrogen (secondary N) is 2. The second kappa shape index (κ2) is 12.6. The Kier molecular flexibility index (Phi) is 8.50. The van der Waals surface area contributed by atoms with Gasteiger partial charge in [0.15, 0.2) is 5.13 Å². The number of ether oxygens (including phenoxy) is 2. The minimum absolute atomic E-state index is 0.0972. The highest BCUT2D eigenvalue weighted by Gasteiger charge is 2.26. The van der Waals surface area contributed by atoms with Gasteiger partial charge in [-0.2, -0.15) is 0 Å². The number of fused-ring (bicyclic) bond motifs is 1. The molecular weight excluding hydrogens is 512 g/mol. The van der Waals surface area contributed by atoms with E-state index in [2.05, 4.69) is 27.6 Å². The number of hydrogen-bond donors (Lipinski definition) is 2. The van der Waals surface area contributed by atoms with Gasteiger partial charge in [-0.25, -0.2) is 9.78 Å². The van der Waals surface area contributed by atoms with Gasteiger partial charge in [-0.1, -0.05) is 72.8 Å². The maximum atomic E-state index is 13.4. The highest BCUT2D eigenvalue weighted by molar-refractivity contribution is 7.15. The molecule has 2 heterocycles. The molecule has 1 atom stereocenters. The summed E-state index contributed by atoms with van der Waals surface area (Å²) in [6.07, 6.45) is 0.152. The fraction of sp³-hybridized carbons (Fsp3) is 0.233. The smallest absolute Gasteiger partial charge is 0.408 e. The number of anilines is 1. The molecule has 0 radical (unpaired) electrons. The lowest BCUT2D eigenvalue weighted by molar-refractivity contribution is -0.118. The molecule has 8 nitrogen and oxygen atoms in total. The summed E-state index contributed by atoms with van der Waals surface area (Å²) >= 11 is 1.46. The predicted molar refractivity (Wildman–Crippen MR) is 151 cm³/mol. The van der Waals surface area contributed by atoms with Crippen LogP contribution >= 0.6 is 11.3 Å². The first kappa shape index (κ1) is 26.4. The van der Waals surface area contributed by atoms with Crippen molar-refractivity contribution in [2.24, 2.45) is 0 Å². The zero-order chi connectivity index (χ0) is 27.0. The Morgan fingerprint density at radius 2 is 1.62 bits per heavy atom. The molecule has 0 spiro atoms. The largest absolute Gasteiger partial charge is 0.489 e. The van der Waals surface area contributed by atoms with Crippen LogP contribution in [0.15, 0.2) is 84.9 Å². The maximum Gasteiger partial charge on any atom is 0.408 e. The number of carbonyl (C=O) groups is 2. The Bertz CT molecular complexity index is 1390. The fourth-order valence-corrected chi connectivity index (χ4v) is 5.33. The summed E-state index contributed by atoms with van der Waals surface area (Å²) in [4.78, 5) is 34.1. The van der Waals surface area contributed by atoms with Crippen molar-refractivity contribution in [2.75, 3.05) is 18.9 Å². The van der Waals surface area contributed by atoms with E-state index in [0.717, 1.165) is 41.2 Å². The molecular formula is C30H30N4O4S. The summed E-state index contributed by atoms with van der Waals surface area (Å²) in [7, 11) is 2.06. The quantitative estimate of drug-likeness (QED) is 0.298. The number of thiazole rings is 1. The summed E-state index contributed by atoms with van der Waals surface area (Å²) < 4.78 is 11.3. The first-order valence-electron chi connectivity index (χ1n) is 12.8. The van der Waals surface area contributed by atoms with Crippen LogP contribution in [0.2, 0.25) is 0 Å². The second-order valence-electron chi connectivity index (χ2n) is 9.35. The van der Waals surface area contributed by atoms with Crippen LogP contribution in [-0.2, 0) is 35.7 Å². The summed E-state index contributed by atoms with van der Waals surface area (Å²) in [5.41, 5.74) is 3.52. The first-order chi connectivity index (χ1) is 19.0. The SMILES string of the molecule is CN1CCc2nc(NC(=O)[C@@H](NC(=O)OCc3ccccc3)c3ccc(OCc4ccccc4)cc3)sc2C1. The van der Waals surface area contributed by atoms with E-state index < -0.39 is 18.0 Å². The van der Waals surface area contributed by atoms with Gasteiger partial charge in [0.2, 0.25) is 0 Å². The highest BCUT2D eigenvalue weighted by Crippen LogP contribution is 2.29. The van der Waals surface area contributed by atoms with Gasteiger partial charge in [0.25, 0.3) is 5.91 Å². The van der Waals surface area contributed by atoms with Crippen molar-refractivity contribution < 1.29 is 19.1 Å². The fourth-order valence-electron chi connectivity index (χ4n) is 4.23. The standard InChI is InChI=1S/C30H30N4O4S/c1-34-17-16-25-26(18-34)39-29(31-25)33-28(35)27(32-30(36)38-20-22-10-6-3-7-11-22)23-12-14-24(15-13-23)37-19-21-8-4-2-5-9-21/h2-15,27H,16-20H2,1H3,(H,32,36)(H,31,33,35)/t27-/m0/s1. The summed E-state index contributed by atoms with van der Waals surface area (Å²) in [6.45, 7) is 2.26. The number of benzene rings is 3. The molecule has 4 aromatic rings. The van der Waals surface area contributed by atoms with Crippen molar-refractivity contribution in [3.63, 3.8) is 0 Å². The molecule has 1 aromatic heterocycles. The summed E-state index contributed by atoms with van der Waals surface area (Å²) in [5.74, 6) is 0.259. The maximum absolute atomic E-state index is 13.4. The zero-order valence-corrected chi connectivity index (χ0v) is 22.4. The van der Waals surface area contributed by atoms with Crippen LogP contribution in [0.4, 0.5) is 9.93 Å². The van der Waals surface area contributed by atoms with Gasteiger partial charge in [0, 0.05) is 24.4 Å². The van der Waals surface area contributed by atoms with Gasteiger partial charge < -0.3 is 19.7 Å². The van der Waals surface area contributed by atoms with E-state index in [9.17, 15) is 9.59 Å². The van der Waals surface area contributed by atoms with Crippen LogP contribution in [-0.4, -0.2) is 35.5 Å². The molecule has 200 valence electrons. The number of likely N-dealkylation sites (N-methyl/N-ethyl adjacent to an activating group) is 1. The van der Waals surface area contributed by atoms with Crippen LogP contribution < -0.4 is 15.4 Å². The Hall–Kier alpha value is -4.21. The van der Waals surface area contributed by atoms with E-state index >= 15 is 0 Å². The van der Waals surface area contributed by atoms with Crippen molar-refractivity contribution in [1.82, 2.24) is 15.2 Å². The number of nitrogens with zero attached hydrogens (tertiary/aromatic N) is 2. The Balaban J connectivity index is 1.28. The molecule has 9 heteroatoms. The minimum atomic E-state index is -0.986. The number of amides is 2. The molecule has 1 aliphatic rings. The third kappa shape index (κ3) is 7.22. The van der Waals surface area contributed by atoms with E-state index in [-0.39, 0.29) is 6.61 Å². The number of aromatic nitrogens is 1. The number of hydrogen-bond acceptors (Lipinski definition) is 7. The molecule has 5 rings (SSSR count). The Morgan fingerprint density at radius 3 is 2.31 bits per heavy atom. The topological polar surface area (TPSA) is 92.8 Å². The van der Waals surface area contributed by atoms with Crippen LogP contribution in [0, 0.1) is 0 Å². The average Bonchev–Trinajstić information content (AvgIpc) is 3.36. The van der Waals surface area contributed by atoms with Crippen LogP contribution in [0.3, 0.4) is 0 Å². The van der Waals surface area contributed by atoms with Crippen molar-refractivity contribution in [1.29, 1.82) is 0 Å². The lowest BCUT2D eigenvalue weighted by Crippen LogP contribution is -2.37. The minimum Gasteiger partial charge on any atom is -0.489 e. The van der Waals surface area contributed by atoms with Crippen LogP contribution in [0.1, 0.15) is 33.3 Å². The lowest BCUT2D eigenvalue weighted by atomic mass is 10.1. The number of carbonyl (C=O) groups excluding carboxylic acids is 2. The molecule has 39 heavy (non-hydrogen) atoms. The second-order valence-corrected chi connectivity index (χ2v) is 10.4. The van der Waals surface area contributed by atoms with Crippen LogP contribution in [0.5, 0.6) is 5.75 Å². The van der Waals surface area contributed by atoms with Crippen LogP contribution in [0.25, 0.3) is 0 Å². The van der Waals surface area contributed by atoms with Gasteiger partial charge in [-0.15, -0.1) is 11.3 Å². The molecule has 0 saturated heterocycles. The number of rotatable bonds is 9. The zero-order valence-electron chi connectivity index (χ0n) is 21.6. The van der Waals surface area contributed by atoms with Crippen molar-refractivity contribution in [3.05, 3.63) is 112 Å². The van der Waals surface area contributed by atoms with Gasteiger partial charge >= 0.3 is 6.09 Å². The van der Waals surface area contributed by atoms with Crippen molar-refractivity contribution in [2.45, 2.75) is 32.2 Å². The molecule has 3 aromatic carbocycles. The van der Waals surface area contributed by atoms with Gasteiger partial charge in [0.05, 0.1) is 5.69 Å². The third-order valence-electron chi connectivity index (χ3n) is 6.35. The van der Waals surface area contributed by atoms with Crippen molar-refractivity contribution >= 4 is 28.5 Å². The Labute approximate surface area is 231 Å². The van der Waals surface area contributed by atoms with Gasteiger partial charge in [-0.05, 0) is 35.9 Å². The van der Waals surface area contributed by atoms with E-state index in [0.29, 0.717) is 23.1 Å². The van der Waals surface area contributed by atoms with Gasteiger partial charge in [0.1, 0.15) is 25.0 Å². The molecule has 0 unspecified atom stereocenters. The first-order valence-corrected chi connectivity index (χ1v) is 13.6. The molecule has 2 amide bonds. The summed E-state index contributed by atoms with van der Waals surface area (Å²) in [6, 6.07) is 25.4. The van der Waals surface area contributed by atoms with E-state index in [1.807, 2.05) is 60.7 Å². The monoisotopic (exact) mass is 542 g/mol. The Morgan fingerprint density at radius 1 is 0.949 bits per heavy atom. The average molecular weight is 543 g/mol. The van der Waals surface area contributed by atoms with Crippen molar-refractivity contribution in [3.8, 4) is 5.75 Å². The summed E-state index contributed by atoms with van der Waals surface area (Å²) in [5, 5.41) is 6.15. The molecule has 0 saturated carbocycles. The third-order valence-corrected chi connectivity index (χ3v) is 7.35. The van der Waals surface area contributed by atoms with Gasteiger partial charge in [-0.3, -0.25) is 10.1 Å². The normalized spacial score (nSPS) is 13.7. The molecule has 1 aliphatic heterocycles. The number of alkyl carbamates (subject to hydrolysis) is 1. The molecule has 0 aliphatic carbocycles. The predicted octanol–water partition coefficient (Wildman–Crippen LogP) is 5.32.